The molecule has 0 aliphatic heterocycles. The normalized spacial score (nSPS) is 10.3. The average molecular weight is 253 g/mol. The predicted molar refractivity (Wildman–Crippen MR) is 63.6 cm³/mol. The molecule has 0 fully saturated rings. The van der Waals surface area contributed by atoms with Gasteiger partial charge in [0.05, 0.1) is 5.02 Å². The Kier molecular flexibility index (Phi) is 3.56. The molecule has 0 spiro atoms. The second-order valence-corrected chi connectivity index (χ2v) is 3.79. The van der Waals surface area contributed by atoms with Crippen LogP contribution in [0.2, 0.25) is 5.02 Å². The molecular weight excluding hydrogens is 243 g/mol. The van der Waals surface area contributed by atoms with E-state index in [1.807, 2.05) is 0 Å². The molecule has 0 unspecified atom stereocenters. The molecular formula is C12H10ClFN2O. The first kappa shape index (κ1) is 11.8. The zero-order valence-electron chi connectivity index (χ0n) is 8.86. The lowest BCUT2D eigenvalue weighted by molar-refractivity contribution is 0.458. The molecule has 1 heterocycles. The van der Waals surface area contributed by atoms with Crippen molar-refractivity contribution in [3.8, 4) is 11.6 Å². The Morgan fingerprint density at radius 3 is 2.71 bits per heavy atom. The van der Waals surface area contributed by atoms with Crippen LogP contribution in [0.3, 0.4) is 0 Å². The van der Waals surface area contributed by atoms with Crippen LogP contribution in [0.15, 0.2) is 36.5 Å². The zero-order valence-corrected chi connectivity index (χ0v) is 9.62. The zero-order chi connectivity index (χ0) is 12.3. The van der Waals surface area contributed by atoms with Gasteiger partial charge >= 0.3 is 0 Å². The van der Waals surface area contributed by atoms with E-state index in [4.69, 9.17) is 22.1 Å². The third-order valence-electron chi connectivity index (χ3n) is 2.15. The van der Waals surface area contributed by atoms with Gasteiger partial charge in [-0.2, -0.15) is 0 Å². The first-order valence-electron chi connectivity index (χ1n) is 4.97. The van der Waals surface area contributed by atoms with Crippen molar-refractivity contribution in [3.05, 3.63) is 52.9 Å². The molecule has 88 valence electrons. The monoisotopic (exact) mass is 252 g/mol. The van der Waals surface area contributed by atoms with E-state index in [-0.39, 0.29) is 5.02 Å². The van der Waals surface area contributed by atoms with Crippen LogP contribution in [0.5, 0.6) is 11.6 Å². The van der Waals surface area contributed by atoms with Crippen LogP contribution < -0.4 is 10.5 Å². The number of nitrogens with two attached hydrogens (primary N) is 1. The van der Waals surface area contributed by atoms with Gasteiger partial charge in [0.1, 0.15) is 11.6 Å². The van der Waals surface area contributed by atoms with E-state index >= 15 is 0 Å². The quantitative estimate of drug-likeness (QED) is 0.913. The molecule has 3 nitrogen and oxygen atoms in total. The number of aromatic nitrogens is 1. The maximum Gasteiger partial charge on any atom is 0.219 e. The Balaban J connectivity index is 2.16. The van der Waals surface area contributed by atoms with Crippen molar-refractivity contribution in [1.29, 1.82) is 0 Å². The van der Waals surface area contributed by atoms with Crippen molar-refractivity contribution in [2.45, 2.75) is 6.54 Å². The molecule has 1 aromatic heterocycles. The molecule has 2 N–H and O–H groups in total. The molecule has 0 saturated carbocycles. The predicted octanol–water partition coefficient (Wildman–Crippen LogP) is 3.13. The summed E-state index contributed by atoms with van der Waals surface area (Å²) in [4.78, 5) is 4.04. The van der Waals surface area contributed by atoms with Crippen molar-refractivity contribution in [2.24, 2.45) is 5.73 Å². The summed E-state index contributed by atoms with van der Waals surface area (Å²) < 4.78 is 18.5. The van der Waals surface area contributed by atoms with Crippen molar-refractivity contribution in [1.82, 2.24) is 4.98 Å². The SMILES string of the molecule is NCc1ccc(Oc2ccc(Cl)c(F)c2)nc1. The second-order valence-electron chi connectivity index (χ2n) is 3.39. The van der Waals surface area contributed by atoms with Gasteiger partial charge in [0, 0.05) is 24.9 Å². The van der Waals surface area contributed by atoms with E-state index in [0.717, 1.165) is 5.56 Å². The van der Waals surface area contributed by atoms with Gasteiger partial charge in [0.25, 0.3) is 0 Å². The van der Waals surface area contributed by atoms with Gasteiger partial charge in [0.2, 0.25) is 5.88 Å². The van der Waals surface area contributed by atoms with Crippen LogP contribution in [0, 0.1) is 5.82 Å². The van der Waals surface area contributed by atoms with Crippen LogP contribution in [-0.4, -0.2) is 4.98 Å². The molecule has 2 aromatic rings. The maximum atomic E-state index is 13.2. The third-order valence-corrected chi connectivity index (χ3v) is 2.45. The number of halogens is 2. The highest BCUT2D eigenvalue weighted by atomic mass is 35.5. The van der Waals surface area contributed by atoms with Gasteiger partial charge in [0.15, 0.2) is 0 Å². The largest absolute Gasteiger partial charge is 0.439 e. The van der Waals surface area contributed by atoms with E-state index in [0.29, 0.717) is 18.2 Å². The number of pyridine rings is 1. The number of hydrogen-bond donors (Lipinski definition) is 1. The summed E-state index contributed by atoms with van der Waals surface area (Å²) in [6.07, 6.45) is 1.61. The average Bonchev–Trinajstić information content (AvgIpc) is 2.35. The highest BCUT2D eigenvalue weighted by molar-refractivity contribution is 6.30. The first-order valence-corrected chi connectivity index (χ1v) is 5.35. The van der Waals surface area contributed by atoms with E-state index in [2.05, 4.69) is 4.98 Å². The molecule has 0 atom stereocenters. The summed E-state index contributed by atoms with van der Waals surface area (Å²) >= 11 is 5.56. The summed E-state index contributed by atoms with van der Waals surface area (Å²) in [6.45, 7) is 0.419. The smallest absolute Gasteiger partial charge is 0.219 e. The molecule has 17 heavy (non-hydrogen) atoms. The summed E-state index contributed by atoms with van der Waals surface area (Å²) in [5.74, 6) is 0.201. The molecule has 0 radical (unpaired) electrons. The Morgan fingerprint density at radius 2 is 2.12 bits per heavy atom. The van der Waals surface area contributed by atoms with Gasteiger partial charge in [-0.3, -0.25) is 0 Å². The molecule has 0 amide bonds. The fourth-order valence-corrected chi connectivity index (χ4v) is 1.37. The minimum Gasteiger partial charge on any atom is -0.439 e. The topological polar surface area (TPSA) is 48.1 Å². The minimum atomic E-state index is -0.525. The molecule has 1 aromatic carbocycles. The molecule has 0 bridgehead atoms. The number of hydrogen-bond acceptors (Lipinski definition) is 3. The highest BCUT2D eigenvalue weighted by Gasteiger charge is 2.03. The Labute approximate surface area is 103 Å². The highest BCUT2D eigenvalue weighted by Crippen LogP contribution is 2.24. The number of benzene rings is 1. The summed E-state index contributed by atoms with van der Waals surface area (Å²) in [7, 11) is 0. The van der Waals surface area contributed by atoms with E-state index in [1.165, 1.54) is 12.1 Å². The van der Waals surface area contributed by atoms with Crippen molar-refractivity contribution < 1.29 is 9.13 Å². The number of nitrogens with zero attached hydrogens (tertiary/aromatic N) is 1. The van der Waals surface area contributed by atoms with E-state index < -0.39 is 5.82 Å². The van der Waals surface area contributed by atoms with E-state index in [1.54, 1.807) is 24.4 Å². The van der Waals surface area contributed by atoms with Crippen LogP contribution in [0.25, 0.3) is 0 Å². The van der Waals surface area contributed by atoms with Crippen LogP contribution in [0.4, 0.5) is 4.39 Å². The molecule has 0 aliphatic carbocycles. The molecule has 0 aliphatic rings. The number of rotatable bonds is 3. The lowest BCUT2D eigenvalue weighted by Gasteiger charge is -2.05. The lowest BCUT2D eigenvalue weighted by atomic mass is 10.3. The minimum absolute atomic E-state index is 0.0591. The van der Waals surface area contributed by atoms with Crippen LogP contribution >= 0.6 is 11.6 Å². The fraction of sp³-hybridized carbons (Fsp3) is 0.0833. The number of ether oxygens (including phenoxy) is 1. The Bertz CT molecular complexity index is 516. The van der Waals surface area contributed by atoms with Crippen molar-refractivity contribution in [2.75, 3.05) is 0 Å². The van der Waals surface area contributed by atoms with Gasteiger partial charge in [-0.25, -0.2) is 9.37 Å². The molecule has 2 rings (SSSR count). The van der Waals surface area contributed by atoms with Gasteiger partial charge < -0.3 is 10.5 Å². The summed E-state index contributed by atoms with van der Waals surface area (Å²) in [6, 6.07) is 7.69. The Hall–Kier alpha value is -1.65. The summed E-state index contributed by atoms with van der Waals surface area (Å²) in [5.41, 5.74) is 6.35. The lowest BCUT2D eigenvalue weighted by Crippen LogP contribution is -1.97. The van der Waals surface area contributed by atoms with E-state index in [9.17, 15) is 4.39 Å². The third kappa shape index (κ3) is 2.93. The maximum absolute atomic E-state index is 13.2. The molecule has 0 saturated heterocycles. The van der Waals surface area contributed by atoms with Gasteiger partial charge in [-0.15, -0.1) is 0 Å². The first-order chi connectivity index (χ1) is 8.19. The van der Waals surface area contributed by atoms with Crippen molar-refractivity contribution in [3.63, 3.8) is 0 Å². The van der Waals surface area contributed by atoms with Gasteiger partial charge in [-0.1, -0.05) is 17.7 Å². The van der Waals surface area contributed by atoms with Crippen molar-refractivity contribution >= 4 is 11.6 Å². The molecule has 5 heteroatoms. The summed E-state index contributed by atoms with van der Waals surface area (Å²) in [5, 5.41) is 0.0591. The second kappa shape index (κ2) is 5.12. The standard InChI is InChI=1S/C12H10ClFN2O/c13-10-3-2-9(5-11(10)14)17-12-4-1-8(6-15)7-16-12/h1-5,7H,6,15H2. The van der Waals surface area contributed by atoms with Gasteiger partial charge in [-0.05, 0) is 17.7 Å². The van der Waals surface area contributed by atoms with Crippen LogP contribution in [0.1, 0.15) is 5.56 Å². The Morgan fingerprint density at radius 1 is 1.29 bits per heavy atom. The fourth-order valence-electron chi connectivity index (χ4n) is 1.25. The van der Waals surface area contributed by atoms with Crippen LogP contribution in [-0.2, 0) is 6.54 Å².